The molecule has 0 bridgehead atoms. The molecule has 0 saturated heterocycles. The molecule has 0 saturated carbocycles. The van der Waals surface area contributed by atoms with Gasteiger partial charge in [-0.3, -0.25) is 0 Å². The van der Waals surface area contributed by atoms with E-state index in [1.54, 1.807) is 0 Å². The van der Waals surface area contributed by atoms with Crippen molar-refractivity contribution in [3.05, 3.63) is 49.6 Å². The lowest BCUT2D eigenvalue weighted by Crippen LogP contribution is -2.12. The van der Waals surface area contributed by atoms with Crippen molar-refractivity contribution in [2.24, 2.45) is 0 Å². The van der Waals surface area contributed by atoms with Gasteiger partial charge in [0.1, 0.15) is 0 Å². The number of thiophene rings is 1. The number of carboxylic acids is 1. The summed E-state index contributed by atoms with van der Waals surface area (Å²) in [7, 11) is 0. The van der Waals surface area contributed by atoms with Crippen LogP contribution in [0.4, 0.5) is 0 Å². The largest absolute Gasteiger partial charge is 0.478 e. The van der Waals surface area contributed by atoms with Crippen molar-refractivity contribution in [1.82, 2.24) is 4.98 Å². The number of benzene rings is 1. The number of halogens is 1. The van der Waals surface area contributed by atoms with Gasteiger partial charge < -0.3 is 5.11 Å². The number of carbonyl (C=O) groups is 1. The highest BCUT2D eigenvalue weighted by atomic mass is 79.9. The Morgan fingerprint density at radius 2 is 2.17 bits per heavy atom. The molecule has 5 heteroatoms. The second-order valence-electron chi connectivity index (χ2n) is 5.68. The minimum atomic E-state index is -0.874. The quantitative estimate of drug-likeness (QED) is 0.666. The molecule has 116 valence electrons. The van der Waals surface area contributed by atoms with Crippen molar-refractivity contribution < 1.29 is 9.90 Å². The molecule has 4 rings (SSSR count). The molecule has 0 spiro atoms. The molecular formula is C18H14BrNO2S. The SMILES string of the molecule is CCc1cc2c(s1)CCc1c-2nc2ccc(Br)cc2c1C(=O)O. The van der Waals surface area contributed by atoms with Crippen LogP contribution in [0.15, 0.2) is 28.7 Å². The van der Waals surface area contributed by atoms with Crippen LogP contribution in [-0.4, -0.2) is 16.1 Å². The summed E-state index contributed by atoms with van der Waals surface area (Å²) in [5, 5.41) is 10.5. The molecule has 3 nitrogen and oxygen atoms in total. The molecule has 1 aliphatic carbocycles. The molecule has 1 aliphatic rings. The Morgan fingerprint density at radius 3 is 2.91 bits per heavy atom. The van der Waals surface area contributed by atoms with Gasteiger partial charge in [0.2, 0.25) is 0 Å². The molecule has 1 N–H and O–H groups in total. The van der Waals surface area contributed by atoms with Crippen molar-refractivity contribution in [2.75, 3.05) is 0 Å². The average Bonchev–Trinajstić information content (AvgIpc) is 2.96. The summed E-state index contributed by atoms with van der Waals surface area (Å²) in [6.07, 6.45) is 2.64. The maximum absolute atomic E-state index is 11.9. The van der Waals surface area contributed by atoms with Gasteiger partial charge in [0.05, 0.1) is 16.8 Å². The summed E-state index contributed by atoms with van der Waals surface area (Å²) >= 11 is 5.26. The second-order valence-corrected chi connectivity index (χ2v) is 7.82. The van der Waals surface area contributed by atoms with E-state index in [0.717, 1.165) is 46.1 Å². The van der Waals surface area contributed by atoms with Crippen LogP contribution in [0.3, 0.4) is 0 Å². The van der Waals surface area contributed by atoms with Crippen LogP contribution in [0.2, 0.25) is 0 Å². The van der Waals surface area contributed by atoms with Crippen LogP contribution < -0.4 is 0 Å². The number of aromatic nitrogens is 1. The zero-order valence-electron chi connectivity index (χ0n) is 12.5. The normalized spacial score (nSPS) is 13.0. The summed E-state index contributed by atoms with van der Waals surface area (Å²) in [5.41, 5.74) is 3.99. The number of aryl methyl sites for hydroxylation is 2. The number of nitrogens with zero attached hydrogens (tertiary/aromatic N) is 1. The molecule has 3 aromatic rings. The van der Waals surface area contributed by atoms with Gasteiger partial charge in [-0.1, -0.05) is 22.9 Å². The van der Waals surface area contributed by atoms with E-state index in [1.807, 2.05) is 29.5 Å². The van der Waals surface area contributed by atoms with E-state index in [-0.39, 0.29) is 0 Å². The number of hydrogen-bond donors (Lipinski definition) is 1. The third kappa shape index (κ3) is 2.30. The molecule has 0 radical (unpaired) electrons. The van der Waals surface area contributed by atoms with E-state index in [1.165, 1.54) is 9.75 Å². The fraction of sp³-hybridized carbons (Fsp3) is 0.222. The van der Waals surface area contributed by atoms with Crippen molar-refractivity contribution in [2.45, 2.75) is 26.2 Å². The third-order valence-electron chi connectivity index (χ3n) is 4.33. The minimum absolute atomic E-state index is 0.404. The summed E-state index contributed by atoms with van der Waals surface area (Å²) in [5.74, 6) is -0.874. The number of hydrogen-bond acceptors (Lipinski definition) is 3. The Bertz CT molecular complexity index is 961. The lowest BCUT2D eigenvalue weighted by atomic mass is 9.89. The summed E-state index contributed by atoms with van der Waals surface area (Å²) in [6.45, 7) is 2.15. The minimum Gasteiger partial charge on any atom is -0.478 e. The zero-order chi connectivity index (χ0) is 16.1. The van der Waals surface area contributed by atoms with Gasteiger partial charge in [0.15, 0.2) is 0 Å². The Balaban J connectivity index is 2.09. The van der Waals surface area contributed by atoms with Crippen LogP contribution >= 0.6 is 27.3 Å². The Labute approximate surface area is 146 Å². The monoisotopic (exact) mass is 387 g/mol. The molecule has 0 amide bonds. The third-order valence-corrected chi connectivity index (χ3v) is 6.16. The van der Waals surface area contributed by atoms with Crippen LogP contribution in [-0.2, 0) is 19.3 Å². The molecule has 23 heavy (non-hydrogen) atoms. The van der Waals surface area contributed by atoms with Crippen molar-refractivity contribution in [3.8, 4) is 11.3 Å². The molecule has 0 fully saturated rings. The van der Waals surface area contributed by atoms with Gasteiger partial charge in [-0.25, -0.2) is 9.78 Å². The first kappa shape index (κ1) is 14.8. The predicted octanol–water partition coefficient (Wildman–Crippen LogP) is 5.09. The van der Waals surface area contributed by atoms with Crippen molar-refractivity contribution in [1.29, 1.82) is 0 Å². The van der Waals surface area contributed by atoms with E-state index in [0.29, 0.717) is 10.9 Å². The maximum atomic E-state index is 11.9. The first-order valence-corrected chi connectivity index (χ1v) is 9.16. The van der Waals surface area contributed by atoms with Crippen molar-refractivity contribution >= 4 is 44.1 Å². The van der Waals surface area contributed by atoms with Crippen LogP contribution in [0, 0.1) is 0 Å². The predicted molar refractivity (Wildman–Crippen MR) is 96.5 cm³/mol. The van der Waals surface area contributed by atoms with E-state index in [2.05, 4.69) is 28.9 Å². The number of fused-ring (bicyclic) bond motifs is 4. The van der Waals surface area contributed by atoms with E-state index in [9.17, 15) is 9.90 Å². The molecular weight excluding hydrogens is 374 g/mol. The first-order valence-electron chi connectivity index (χ1n) is 7.56. The zero-order valence-corrected chi connectivity index (χ0v) is 14.9. The van der Waals surface area contributed by atoms with Gasteiger partial charge in [0.25, 0.3) is 0 Å². The molecule has 2 aromatic heterocycles. The number of pyridine rings is 1. The van der Waals surface area contributed by atoms with Gasteiger partial charge in [-0.15, -0.1) is 11.3 Å². The lowest BCUT2D eigenvalue weighted by molar-refractivity contribution is 0.0698. The van der Waals surface area contributed by atoms with Crippen LogP contribution in [0.1, 0.15) is 32.6 Å². The van der Waals surface area contributed by atoms with Crippen LogP contribution in [0.5, 0.6) is 0 Å². The molecule has 0 aliphatic heterocycles. The fourth-order valence-corrected chi connectivity index (χ4v) is 4.74. The Hall–Kier alpha value is -1.72. The number of rotatable bonds is 2. The number of carboxylic acid groups (broad SMARTS) is 1. The number of aromatic carboxylic acids is 1. The standard InChI is InChI=1S/C18H14BrNO2S/c1-2-10-8-13-15(23-10)6-4-11-16(18(21)22)12-7-9(19)3-5-14(12)20-17(11)13/h3,5,7-8H,2,4,6H2,1H3,(H,21,22). The summed E-state index contributed by atoms with van der Waals surface area (Å²) in [4.78, 5) is 19.4. The highest BCUT2D eigenvalue weighted by molar-refractivity contribution is 9.10. The summed E-state index contributed by atoms with van der Waals surface area (Å²) in [6, 6.07) is 7.82. The maximum Gasteiger partial charge on any atom is 0.336 e. The molecule has 2 heterocycles. The topological polar surface area (TPSA) is 50.2 Å². The Kier molecular flexibility index (Phi) is 3.50. The van der Waals surface area contributed by atoms with Gasteiger partial charge in [-0.2, -0.15) is 0 Å². The Morgan fingerprint density at radius 1 is 1.35 bits per heavy atom. The second kappa shape index (κ2) is 5.42. The molecule has 0 atom stereocenters. The lowest BCUT2D eigenvalue weighted by Gasteiger charge is -2.19. The van der Waals surface area contributed by atoms with Gasteiger partial charge in [-0.05, 0) is 49.1 Å². The molecule has 1 aromatic carbocycles. The fourth-order valence-electron chi connectivity index (χ4n) is 3.27. The highest BCUT2D eigenvalue weighted by Gasteiger charge is 2.27. The first-order chi connectivity index (χ1) is 11.1. The average molecular weight is 388 g/mol. The smallest absolute Gasteiger partial charge is 0.336 e. The van der Waals surface area contributed by atoms with E-state index < -0.39 is 5.97 Å². The summed E-state index contributed by atoms with van der Waals surface area (Å²) < 4.78 is 0.870. The van der Waals surface area contributed by atoms with Gasteiger partial charge in [0, 0.05) is 25.2 Å². The van der Waals surface area contributed by atoms with Gasteiger partial charge >= 0.3 is 5.97 Å². The highest BCUT2D eigenvalue weighted by Crippen LogP contribution is 2.41. The van der Waals surface area contributed by atoms with Crippen molar-refractivity contribution in [3.63, 3.8) is 0 Å². The van der Waals surface area contributed by atoms with E-state index in [4.69, 9.17) is 4.98 Å². The van der Waals surface area contributed by atoms with Crippen LogP contribution in [0.25, 0.3) is 22.2 Å². The van der Waals surface area contributed by atoms with E-state index >= 15 is 0 Å². The molecule has 0 unspecified atom stereocenters.